The minimum absolute atomic E-state index is 0.0219. The number of thiophene rings is 1. The molecule has 0 aliphatic carbocycles. The fourth-order valence-corrected chi connectivity index (χ4v) is 2.75. The molecule has 5 heteroatoms. The predicted octanol–water partition coefficient (Wildman–Crippen LogP) is 3.23. The lowest BCUT2D eigenvalue weighted by atomic mass is 10.1. The van der Waals surface area contributed by atoms with Crippen LogP contribution < -0.4 is 10.1 Å². The molecule has 0 amide bonds. The summed E-state index contributed by atoms with van der Waals surface area (Å²) in [6.45, 7) is 0.751. The average molecular weight is 298 g/mol. The van der Waals surface area contributed by atoms with Gasteiger partial charge in [0.15, 0.2) is 0 Å². The van der Waals surface area contributed by atoms with Crippen molar-refractivity contribution in [1.82, 2.24) is 5.32 Å². The van der Waals surface area contributed by atoms with Gasteiger partial charge in [0.1, 0.15) is 5.75 Å². The molecule has 0 aliphatic heterocycles. The fourth-order valence-electron chi connectivity index (χ4n) is 1.82. The van der Waals surface area contributed by atoms with Gasteiger partial charge in [0.2, 0.25) is 0 Å². The SMILES string of the molecule is COc1ccc(C(CO)NCc2cccs2)cc1Cl. The molecule has 0 saturated carbocycles. The van der Waals surface area contributed by atoms with Crippen LogP contribution in [0.1, 0.15) is 16.5 Å². The Bertz CT molecular complexity index is 516. The molecular weight excluding hydrogens is 282 g/mol. The number of rotatable bonds is 6. The van der Waals surface area contributed by atoms with Crippen molar-refractivity contribution >= 4 is 22.9 Å². The summed E-state index contributed by atoms with van der Waals surface area (Å²) in [6, 6.07) is 9.49. The minimum atomic E-state index is -0.134. The van der Waals surface area contributed by atoms with E-state index in [0.717, 1.165) is 12.1 Å². The quantitative estimate of drug-likeness (QED) is 0.860. The fraction of sp³-hybridized carbons (Fsp3) is 0.286. The average Bonchev–Trinajstić information content (AvgIpc) is 2.93. The van der Waals surface area contributed by atoms with E-state index in [0.29, 0.717) is 10.8 Å². The number of aliphatic hydroxyl groups is 1. The van der Waals surface area contributed by atoms with Crippen LogP contribution >= 0.6 is 22.9 Å². The van der Waals surface area contributed by atoms with E-state index in [1.54, 1.807) is 18.4 Å². The first-order chi connectivity index (χ1) is 9.24. The summed E-state index contributed by atoms with van der Waals surface area (Å²) in [7, 11) is 1.58. The molecule has 1 atom stereocenters. The highest BCUT2D eigenvalue weighted by molar-refractivity contribution is 7.09. The van der Waals surface area contributed by atoms with E-state index in [2.05, 4.69) is 11.4 Å². The molecule has 0 aliphatic rings. The van der Waals surface area contributed by atoms with Gasteiger partial charge in [-0.25, -0.2) is 0 Å². The van der Waals surface area contributed by atoms with Crippen LogP contribution in [0.5, 0.6) is 5.75 Å². The van der Waals surface area contributed by atoms with Gasteiger partial charge >= 0.3 is 0 Å². The molecule has 3 nitrogen and oxygen atoms in total. The maximum atomic E-state index is 9.49. The van der Waals surface area contributed by atoms with Gasteiger partial charge < -0.3 is 15.2 Å². The normalized spacial score (nSPS) is 12.4. The minimum Gasteiger partial charge on any atom is -0.495 e. The maximum absolute atomic E-state index is 9.49. The molecule has 1 unspecified atom stereocenters. The summed E-state index contributed by atoms with van der Waals surface area (Å²) in [6.07, 6.45) is 0. The predicted molar refractivity (Wildman–Crippen MR) is 79.0 cm³/mol. The Labute approximate surface area is 121 Å². The molecule has 2 aromatic rings. The Hall–Kier alpha value is -1.07. The van der Waals surface area contributed by atoms with Crippen molar-refractivity contribution in [3.8, 4) is 5.75 Å². The lowest BCUT2D eigenvalue weighted by Crippen LogP contribution is -2.23. The number of hydrogen-bond acceptors (Lipinski definition) is 4. The first-order valence-corrected chi connectivity index (χ1v) is 7.20. The Morgan fingerprint density at radius 1 is 1.42 bits per heavy atom. The van der Waals surface area contributed by atoms with Gasteiger partial charge in [-0.15, -0.1) is 11.3 Å². The van der Waals surface area contributed by atoms with E-state index in [1.165, 1.54) is 4.88 Å². The van der Waals surface area contributed by atoms with Crippen LogP contribution in [-0.2, 0) is 6.54 Å². The summed E-state index contributed by atoms with van der Waals surface area (Å²) >= 11 is 7.79. The molecule has 1 aromatic heterocycles. The zero-order chi connectivity index (χ0) is 13.7. The third-order valence-corrected chi connectivity index (χ3v) is 4.04. The van der Waals surface area contributed by atoms with Crippen LogP contribution in [0.15, 0.2) is 35.7 Å². The first kappa shape index (κ1) is 14.3. The molecule has 0 saturated heterocycles. The van der Waals surface area contributed by atoms with Gasteiger partial charge in [0.05, 0.1) is 24.8 Å². The van der Waals surface area contributed by atoms with E-state index in [9.17, 15) is 5.11 Å². The highest BCUT2D eigenvalue weighted by Crippen LogP contribution is 2.27. The highest BCUT2D eigenvalue weighted by Gasteiger charge is 2.12. The second kappa shape index (κ2) is 6.91. The van der Waals surface area contributed by atoms with E-state index in [4.69, 9.17) is 16.3 Å². The molecule has 0 bridgehead atoms. The van der Waals surface area contributed by atoms with Gasteiger partial charge in [0, 0.05) is 11.4 Å². The van der Waals surface area contributed by atoms with Gasteiger partial charge in [-0.2, -0.15) is 0 Å². The number of hydrogen-bond donors (Lipinski definition) is 2. The number of halogens is 1. The summed E-state index contributed by atoms with van der Waals surface area (Å²) in [5, 5.41) is 15.4. The van der Waals surface area contributed by atoms with Crippen LogP contribution in [0.25, 0.3) is 0 Å². The molecule has 2 N–H and O–H groups in total. The van der Waals surface area contributed by atoms with Gasteiger partial charge in [-0.1, -0.05) is 23.7 Å². The molecule has 19 heavy (non-hydrogen) atoms. The van der Waals surface area contributed by atoms with Gasteiger partial charge in [-0.05, 0) is 29.1 Å². The Kier molecular flexibility index (Phi) is 5.22. The number of benzene rings is 1. The Morgan fingerprint density at radius 2 is 2.26 bits per heavy atom. The van der Waals surface area contributed by atoms with Gasteiger partial charge in [-0.3, -0.25) is 0 Å². The summed E-state index contributed by atoms with van der Waals surface area (Å²) in [4.78, 5) is 1.23. The third kappa shape index (κ3) is 3.70. The van der Waals surface area contributed by atoms with Crippen molar-refractivity contribution in [2.24, 2.45) is 0 Å². The number of methoxy groups -OCH3 is 1. The van der Waals surface area contributed by atoms with Crippen molar-refractivity contribution in [3.63, 3.8) is 0 Å². The molecule has 102 valence electrons. The van der Waals surface area contributed by atoms with Gasteiger partial charge in [0.25, 0.3) is 0 Å². The second-order valence-corrected chi connectivity index (χ2v) is 5.53. The second-order valence-electron chi connectivity index (χ2n) is 4.09. The van der Waals surface area contributed by atoms with E-state index >= 15 is 0 Å². The molecule has 2 rings (SSSR count). The molecule has 0 radical (unpaired) electrons. The summed E-state index contributed by atoms with van der Waals surface area (Å²) < 4.78 is 5.12. The summed E-state index contributed by atoms with van der Waals surface area (Å²) in [5.74, 6) is 0.639. The monoisotopic (exact) mass is 297 g/mol. The zero-order valence-electron chi connectivity index (χ0n) is 10.6. The summed E-state index contributed by atoms with van der Waals surface area (Å²) in [5.41, 5.74) is 0.949. The first-order valence-electron chi connectivity index (χ1n) is 5.94. The van der Waals surface area contributed by atoms with Crippen molar-refractivity contribution < 1.29 is 9.84 Å². The van der Waals surface area contributed by atoms with Crippen LogP contribution in [0.4, 0.5) is 0 Å². The van der Waals surface area contributed by atoms with Crippen molar-refractivity contribution in [1.29, 1.82) is 0 Å². The van der Waals surface area contributed by atoms with Crippen LogP contribution in [0, 0.1) is 0 Å². The molecule has 0 spiro atoms. The van der Waals surface area contributed by atoms with Crippen molar-refractivity contribution in [2.75, 3.05) is 13.7 Å². The standard InChI is InChI=1S/C14H16ClNO2S/c1-18-14-5-4-10(7-12(14)15)13(9-17)16-8-11-3-2-6-19-11/h2-7,13,16-17H,8-9H2,1H3. The van der Waals surface area contributed by atoms with E-state index in [-0.39, 0.29) is 12.6 Å². The highest BCUT2D eigenvalue weighted by atomic mass is 35.5. The molecule has 1 heterocycles. The largest absolute Gasteiger partial charge is 0.495 e. The maximum Gasteiger partial charge on any atom is 0.137 e. The smallest absolute Gasteiger partial charge is 0.137 e. The van der Waals surface area contributed by atoms with Crippen molar-refractivity contribution in [2.45, 2.75) is 12.6 Å². The Balaban J connectivity index is 2.06. The lowest BCUT2D eigenvalue weighted by molar-refractivity contribution is 0.244. The van der Waals surface area contributed by atoms with E-state index in [1.807, 2.05) is 29.6 Å². The topological polar surface area (TPSA) is 41.5 Å². The molecule has 0 fully saturated rings. The van der Waals surface area contributed by atoms with Crippen LogP contribution in [0.3, 0.4) is 0 Å². The number of ether oxygens (including phenoxy) is 1. The van der Waals surface area contributed by atoms with E-state index < -0.39 is 0 Å². The number of aliphatic hydroxyl groups excluding tert-OH is 1. The number of nitrogens with one attached hydrogen (secondary N) is 1. The zero-order valence-corrected chi connectivity index (χ0v) is 12.2. The third-order valence-electron chi connectivity index (χ3n) is 2.86. The van der Waals surface area contributed by atoms with Crippen LogP contribution in [-0.4, -0.2) is 18.8 Å². The molecular formula is C14H16ClNO2S. The lowest BCUT2D eigenvalue weighted by Gasteiger charge is -2.17. The van der Waals surface area contributed by atoms with Crippen molar-refractivity contribution in [3.05, 3.63) is 51.2 Å². The Morgan fingerprint density at radius 3 is 2.84 bits per heavy atom. The molecule has 1 aromatic carbocycles. The van der Waals surface area contributed by atoms with Crippen LogP contribution in [0.2, 0.25) is 5.02 Å².